The predicted molar refractivity (Wildman–Crippen MR) is 79.0 cm³/mol. The molecule has 1 heterocycles. The molecular formula is C16H33NO. The molecule has 1 rings (SSSR count). The third kappa shape index (κ3) is 7.38. The zero-order chi connectivity index (χ0) is 13.1. The molecule has 0 aromatic rings. The first-order valence-electron chi connectivity index (χ1n) is 8.15. The number of unbranched alkanes of at least 4 members (excludes halogenated alkanes) is 4. The lowest BCUT2D eigenvalue weighted by atomic mass is 10.00. The van der Waals surface area contributed by atoms with Crippen LogP contribution in [-0.4, -0.2) is 25.8 Å². The van der Waals surface area contributed by atoms with Gasteiger partial charge in [-0.05, 0) is 45.6 Å². The number of rotatable bonds is 11. The summed E-state index contributed by atoms with van der Waals surface area (Å²) in [5, 5.41) is 3.48. The highest BCUT2D eigenvalue weighted by Crippen LogP contribution is 2.19. The molecule has 0 bridgehead atoms. The zero-order valence-electron chi connectivity index (χ0n) is 12.5. The summed E-state index contributed by atoms with van der Waals surface area (Å²) in [4.78, 5) is 0. The Morgan fingerprint density at radius 1 is 1.11 bits per heavy atom. The van der Waals surface area contributed by atoms with Gasteiger partial charge in [0.25, 0.3) is 0 Å². The average Bonchev–Trinajstić information content (AvgIpc) is 2.89. The molecule has 0 aliphatic carbocycles. The van der Waals surface area contributed by atoms with Crippen molar-refractivity contribution < 1.29 is 4.74 Å². The van der Waals surface area contributed by atoms with E-state index in [1.807, 2.05) is 0 Å². The van der Waals surface area contributed by atoms with Crippen LogP contribution in [0.2, 0.25) is 0 Å². The summed E-state index contributed by atoms with van der Waals surface area (Å²) in [6, 6.07) is 0.730. The van der Waals surface area contributed by atoms with Gasteiger partial charge in [0.05, 0.1) is 6.10 Å². The summed E-state index contributed by atoms with van der Waals surface area (Å²) in [5.74, 6) is 0. The Morgan fingerprint density at radius 2 is 1.89 bits per heavy atom. The third-order valence-electron chi connectivity index (χ3n) is 4.17. The van der Waals surface area contributed by atoms with Crippen LogP contribution in [0, 0.1) is 0 Å². The Morgan fingerprint density at radius 3 is 2.56 bits per heavy atom. The van der Waals surface area contributed by atoms with Gasteiger partial charge < -0.3 is 10.1 Å². The second kappa shape index (κ2) is 10.8. The maximum Gasteiger partial charge on any atom is 0.0576 e. The minimum absolute atomic E-state index is 0.576. The fourth-order valence-corrected chi connectivity index (χ4v) is 2.89. The lowest BCUT2D eigenvalue weighted by Gasteiger charge is -2.17. The molecule has 0 amide bonds. The van der Waals surface area contributed by atoms with Crippen LogP contribution in [0.3, 0.4) is 0 Å². The monoisotopic (exact) mass is 255 g/mol. The number of ether oxygens (including phenoxy) is 1. The molecule has 1 N–H and O–H groups in total. The molecule has 1 aliphatic heterocycles. The van der Waals surface area contributed by atoms with Crippen LogP contribution in [0.4, 0.5) is 0 Å². The summed E-state index contributed by atoms with van der Waals surface area (Å²) >= 11 is 0. The van der Waals surface area contributed by atoms with Gasteiger partial charge in [0.2, 0.25) is 0 Å². The quantitative estimate of drug-likeness (QED) is 0.556. The lowest BCUT2D eigenvalue weighted by molar-refractivity contribution is 0.101. The number of nitrogens with one attached hydrogen (secondary N) is 1. The SMILES string of the molecule is CCCCCCCC(CCCC1CCCO1)NC. The van der Waals surface area contributed by atoms with Crippen LogP contribution >= 0.6 is 0 Å². The van der Waals surface area contributed by atoms with Crippen LogP contribution in [0.25, 0.3) is 0 Å². The van der Waals surface area contributed by atoms with Crippen molar-refractivity contribution in [2.24, 2.45) is 0 Å². The van der Waals surface area contributed by atoms with Crippen molar-refractivity contribution in [2.45, 2.75) is 89.7 Å². The average molecular weight is 255 g/mol. The Hall–Kier alpha value is -0.0800. The van der Waals surface area contributed by atoms with Gasteiger partial charge in [-0.3, -0.25) is 0 Å². The van der Waals surface area contributed by atoms with Gasteiger partial charge in [-0.2, -0.15) is 0 Å². The molecule has 2 heteroatoms. The fourth-order valence-electron chi connectivity index (χ4n) is 2.89. The van der Waals surface area contributed by atoms with Gasteiger partial charge >= 0.3 is 0 Å². The van der Waals surface area contributed by atoms with Gasteiger partial charge in [-0.1, -0.05) is 39.0 Å². The molecule has 108 valence electrons. The summed E-state index contributed by atoms with van der Waals surface area (Å²) in [7, 11) is 2.11. The smallest absolute Gasteiger partial charge is 0.0576 e. The standard InChI is InChI=1S/C16H33NO/c1-3-4-5-6-7-10-15(17-2)11-8-12-16-13-9-14-18-16/h15-17H,3-14H2,1-2H3. The maximum absolute atomic E-state index is 5.67. The molecule has 1 fully saturated rings. The van der Waals surface area contributed by atoms with E-state index in [9.17, 15) is 0 Å². The molecule has 1 saturated heterocycles. The van der Waals surface area contributed by atoms with Crippen molar-refractivity contribution in [1.82, 2.24) is 5.32 Å². The summed E-state index contributed by atoms with van der Waals surface area (Å²) in [6.45, 7) is 3.28. The first kappa shape index (κ1) is 16.0. The third-order valence-corrected chi connectivity index (χ3v) is 4.17. The van der Waals surface area contributed by atoms with E-state index in [2.05, 4.69) is 19.3 Å². The van der Waals surface area contributed by atoms with Gasteiger partial charge in [0.15, 0.2) is 0 Å². The molecule has 0 aromatic carbocycles. The van der Waals surface area contributed by atoms with Crippen LogP contribution < -0.4 is 5.32 Å². The predicted octanol–water partition coefficient (Wildman–Crippen LogP) is 4.28. The van der Waals surface area contributed by atoms with Crippen molar-refractivity contribution in [2.75, 3.05) is 13.7 Å². The molecule has 0 saturated carbocycles. The van der Waals surface area contributed by atoms with Crippen LogP contribution in [0.15, 0.2) is 0 Å². The Balaban J connectivity index is 1.95. The van der Waals surface area contributed by atoms with Gasteiger partial charge in [-0.25, -0.2) is 0 Å². The molecule has 1 aliphatic rings. The van der Waals surface area contributed by atoms with Crippen LogP contribution in [0.5, 0.6) is 0 Å². The van der Waals surface area contributed by atoms with E-state index in [1.54, 1.807) is 0 Å². The largest absolute Gasteiger partial charge is 0.378 e. The van der Waals surface area contributed by atoms with Crippen LogP contribution in [-0.2, 0) is 4.74 Å². The molecule has 18 heavy (non-hydrogen) atoms. The molecule has 0 radical (unpaired) electrons. The van der Waals surface area contributed by atoms with E-state index in [4.69, 9.17) is 4.74 Å². The highest BCUT2D eigenvalue weighted by atomic mass is 16.5. The number of hydrogen-bond donors (Lipinski definition) is 1. The maximum atomic E-state index is 5.67. The minimum Gasteiger partial charge on any atom is -0.378 e. The van der Waals surface area contributed by atoms with Gasteiger partial charge in [0.1, 0.15) is 0 Å². The Labute approximate surface area is 114 Å². The first-order chi connectivity index (χ1) is 8.86. The van der Waals surface area contributed by atoms with Crippen molar-refractivity contribution >= 4 is 0 Å². The van der Waals surface area contributed by atoms with Gasteiger partial charge in [0, 0.05) is 12.6 Å². The lowest BCUT2D eigenvalue weighted by Crippen LogP contribution is -2.25. The Kier molecular flexibility index (Phi) is 9.59. The molecule has 2 nitrogen and oxygen atoms in total. The summed E-state index contributed by atoms with van der Waals surface area (Å²) in [5.41, 5.74) is 0. The van der Waals surface area contributed by atoms with E-state index in [1.165, 1.54) is 70.6 Å². The highest BCUT2D eigenvalue weighted by molar-refractivity contribution is 4.69. The van der Waals surface area contributed by atoms with Gasteiger partial charge in [-0.15, -0.1) is 0 Å². The Bertz CT molecular complexity index is 178. The zero-order valence-corrected chi connectivity index (χ0v) is 12.5. The molecule has 0 aromatic heterocycles. The fraction of sp³-hybridized carbons (Fsp3) is 1.00. The van der Waals surface area contributed by atoms with E-state index in [-0.39, 0.29) is 0 Å². The minimum atomic E-state index is 0.576. The van der Waals surface area contributed by atoms with E-state index in [0.29, 0.717) is 6.10 Å². The van der Waals surface area contributed by atoms with Crippen molar-refractivity contribution in [1.29, 1.82) is 0 Å². The van der Waals surface area contributed by atoms with E-state index >= 15 is 0 Å². The first-order valence-corrected chi connectivity index (χ1v) is 8.15. The second-order valence-electron chi connectivity index (χ2n) is 5.75. The molecule has 2 unspecified atom stereocenters. The topological polar surface area (TPSA) is 21.3 Å². The molecular weight excluding hydrogens is 222 g/mol. The van der Waals surface area contributed by atoms with Crippen molar-refractivity contribution in [3.8, 4) is 0 Å². The highest BCUT2D eigenvalue weighted by Gasteiger charge is 2.15. The number of hydrogen-bond acceptors (Lipinski definition) is 2. The van der Waals surface area contributed by atoms with Crippen molar-refractivity contribution in [3.05, 3.63) is 0 Å². The van der Waals surface area contributed by atoms with E-state index in [0.717, 1.165) is 12.6 Å². The second-order valence-corrected chi connectivity index (χ2v) is 5.75. The summed E-state index contributed by atoms with van der Waals surface area (Å²) < 4.78 is 5.67. The summed E-state index contributed by atoms with van der Waals surface area (Å²) in [6.07, 6.45) is 15.4. The van der Waals surface area contributed by atoms with Crippen LogP contribution in [0.1, 0.15) is 77.6 Å². The molecule has 2 atom stereocenters. The van der Waals surface area contributed by atoms with Crippen molar-refractivity contribution in [3.63, 3.8) is 0 Å². The molecule has 0 spiro atoms. The van der Waals surface area contributed by atoms with E-state index < -0.39 is 0 Å². The normalized spacial score (nSPS) is 21.3.